The first-order chi connectivity index (χ1) is 40.9. The zero-order valence-corrected chi connectivity index (χ0v) is 50.5. The second-order valence-corrected chi connectivity index (χ2v) is 24.6. The first-order valence-electron chi connectivity index (χ1n) is 28.7. The molecule has 7 amide bonds. The van der Waals surface area contributed by atoms with Crippen LogP contribution in [-0.4, -0.2) is 207 Å². The number of likely N-dealkylation sites (tertiary alicyclic amines) is 1. The number of aliphatic hydroxyl groups excluding tert-OH is 2. The number of carboxylic acids is 1. The van der Waals surface area contributed by atoms with Gasteiger partial charge in [0.05, 0.1) is 43.1 Å². The van der Waals surface area contributed by atoms with Crippen molar-refractivity contribution in [2.45, 2.75) is 134 Å². The molecular formula is C58H83N9O17S2. The Labute approximate surface area is 507 Å². The Hall–Kier alpha value is -6.98. The van der Waals surface area contributed by atoms with Crippen molar-refractivity contribution in [3.63, 3.8) is 0 Å². The first-order valence-corrected chi connectivity index (χ1v) is 31.1. The number of nitrogens with one attached hydrogen (secondary N) is 7. The molecule has 26 nitrogen and oxygen atoms in total. The number of amides is 7. The summed E-state index contributed by atoms with van der Waals surface area (Å²) in [5.41, 5.74) is 0.907. The largest absolute Gasteiger partial charge is 0.508 e. The van der Waals surface area contributed by atoms with Crippen LogP contribution in [0.2, 0.25) is 0 Å². The van der Waals surface area contributed by atoms with E-state index in [4.69, 9.17) is 0 Å². The standard InChI is InChI=1S/C58H83N9O17S2/c1-34(2)22-45(62-52(78)29-66(20-17-60-32-68)21-18-61-33-69)58(84)67-19-5-6-46(67)49(75)26-40-31-86-85-30-39(55(81)59-4)27-50(76)54(35(3)70)65-51(77)16-15-47(73)43(24-37-9-13-42(72)14-10-37)63-56(82)38(23-36-7-11-41(71)12-8-36)25-48(74)44(28-53(79)80)64-57(40)83/h7-14,32-35,38-40,43-46,54-55,59,70-72,81H,5-6,15-31H2,1-4H3,(H,60,68)(H,61,69)(H,62,78)(H,63,82)(H,64,83)(H,65,77)(H,79,80)/t35?,38-,39+,40+,43+,44+,45+,46+,54+,55-/m1/s1. The van der Waals surface area contributed by atoms with Crippen molar-refractivity contribution >= 4 is 93.0 Å². The summed E-state index contributed by atoms with van der Waals surface area (Å²) >= 11 is 0. The van der Waals surface area contributed by atoms with Gasteiger partial charge in [0.25, 0.3) is 0 Å². The smallest absolute Gasteiger partial charge is 0.305 e. The molecule has 12 N–H and O–H groups in total. The lowest BCUT2D eigenvalue weighted by Gasteiger charge is -2.31. The van der Waals surface area contributed by atoms with Gasteiger partial charge in [-0.25, -0.2) is 0 Å². The maximum atomic E-state index is 14.7. The van der Waals surface area contributed by atoms with E-state index < -0.39 is 157 Å². The summed E-state index contributed by atoms with van der Waals surface area (Å²) in [7, 11) is 3.59. The Morgan fingerprint density at radius 3 is 1.88 bits per heavy atom. The van der Waals surface area contributed by atoms with Crippen LogP contribution in [0.25, 0.3) is 0 Å². The molecule has 0 aromatic heterocycles. The topological polar surface area (TPSA) is 397 Å². The summed E-state index contributed by atoms with van der Waals surface area (Å²) in [5, 5.41) is 70.3. The summed E-state index contributed by atoms with van der Waals surface area (Å²) < 4.78 is 0. The van der Waals surface area contributed by atoms with Crippen LogP contribution in [0.1, 0.15) is 89.7 Å². The number of phenols is 2. The van der Waals surface area contributed by atoms with Crippen LogP contribution >= 0.6 is 21.6 Å². The minimum absolute atomic E-state index is 0.0125. The number of nitrogens with zero attached hydrogens (tertiary/aromatic N) is 2. The maximum Gasteiger partial charge on any atom is 0.305 e. The summed E-state index contributed by atoms with van der Waals surface area (Å²) in [5.74, 6) is -12.0. The fourth-order valence-corrected chi connectivity index (χ4v) is 12.8. The van der Waals surface area contributed by atoms with Gasteiger partial charge < -0.3 is 62.3 Å². The summed E-state index contributed by atoms with van der Waals surface area (Å²) in [6.07, 6.45) is -4.95. The molecule has 474 valence electrons. The van der Waals surface area contributed by atoms with Gasteiger partial charge in [0.15, 0.2) is 23.1 Å². The Balaban J connectivity index is 1.74. The van der Waals surface area contributed by atoms with Gasteiger partial charge in [0.1, 0.15) is 29.8 Å². The normalized spacial score (nSPS) is 22.8. The Morgan fingerprint density at radius 1 is 0.733 bits per heavy atom. The highest BCUT2D eigenvalue weighted by Gasteiger charge is 2.41. The third-order valence-corrected chi connectivity index (χ3v) is 17.3. The van der Waals surface area contributed by atoms with Crippen LogP contribution in [0.5, 0.6) is 11.5 Å². The molecule has 10 atom stereocenters. The number of hydrogen-bond donors (Lipinski definition) is 12. The number of rotatable bonds is 26. The number of carbonyl (C=O) groups is 12. The minimum Gasteiger partial charge on any atom is -0.508 e. The Morgan fingerprint density at radius 2 is 1.31 bits per heavy atom. The lowest BCUT2D eigenvalue weighted by atomic mass is 9.89. The fraction of sp³-hybridized carbons (Fsp3) is 0.586. The zero-order valence-electron chi connectivity index (χ0n) is 48.9. The van der Waals surface area contributed by atoms with E-state index in [-0.39, 0.29) is 93.9 Å². The van der Waals surface area contributed by atoms with Crippen LogP contribution in [0, 0.1) is 23.7 Å². The van der Waals surface area contributed by atoms with Gasteiger partial charge in [0.2, 0.25) is 42.4 Å². The molecule has 0 radical (unpaired) electrons. The molecule has 4 rings (SSSR count). The van der Waals surface area contributed by atoms with Crippen LogP contribution in [0.3, 0.4) is 0 Å². The second kappa shape index (κ2) is 36.9. The summed E-state index contributed by atoms with van der Waals surface area (Å²) in [4.78, 5) is 166. The monoisotopic (exact) mass is 1240 g/mol. The van der Waals surface area contributed by atoms with Crippen molar-refractivity contribution < 1.29 is 83.1 Å². The molecule has 2 fully saturated rings. The number of benzene rings is 2. The summed E-state index contributed by atoms with van der Waals surface area (Å²) in [6, 6.07) is 4.57. The number of carbonyl (C=O) groups excluding carboxylic acids is 11. The molecular weight excluding hydrogens is 1160 g/mol. The van der Waals surface area contributed by atoms with E-state index in [9.17, 15) is 83.1 Å². The predicted octanol–water partition coefficient (Wildman–Crippen LogP) is -0.483. The first kappa shape index (κ1) is 71.5. The average Bonchev–Trinajstić information content (AvgIpc) is 3.45. The Bertz CT molecular complexity index is 2620. The molecule has 28 heteroatoms. The third-order valence-electron chi connectivity index (χ3n) is 14.7. The van der Waals surface area contributed by atoms with Gasteiger partial charge in [0, 0.05) is 88.2 Å². The highest BCUT2D eigenvalue weighted by atomic mass is 33.1. The van der Waals surface area contributed by atoms with E-state index >= 15 is 0 Å². The maximum absolute atomic E-state index is 14.7. The van der Waals surface area contributed by atoms with Crippen molar-refractivity contribution in [1.82, 2.24) is 47.0 Å². The molecule has 1 unspecified atom stereocenters. The van der Waals surface area contributed by atoms with Crippen LogP contribution in [0.4, 0.5) is 0 Å². The fourth-order valence-electron chi connectivity index (χ4n) is 10.1. The molecule has 0 spiro atoms. The zero-order chi connectivity index (χ0) is 63.5. The van der Waals surface area contributed by atoms with Gasteiger partial charge in [-0.3, -0.25) is 67.8 Å². The third kappa shape index (κ3) is 24.4. The Kier molecular flexibility index (Phi) is 30.7. The van der Waals surface area contributed by atoms with Gasteiger partial charge in [-0.2, -0.15) is 0 Å². The van der Waals surface area contributed by atoms with E-state index in [1.54, 1.807) is 4.90 Å². The molecule has 0 aliphatic carbocycles. The highest BCUT2D eigenvalue weighted by molar-refractivity contribution is 8.76. The van der Waals surface area contributed by atoms with Crippen molar-refractivity contribution in [1.29, 1.82) is 0 Å². The van der Waals surface area contributed by atoms with Crippen LogP contribution in [-0.2, 0) is 70.4 Å². The molecule has 86 heavy (non-hydrogen) atoms. The van der Waals surface area contributed by atoms with E-state index in [0.717, 1.165) is 21.6 Å². The lowest BCUT2D eigenvalue weighted by Crippen LogP contribution is -2.54. The van der Waals surface area contributed by atoms with Gasteiger partial charge in [-0.1, -0.05) is 59.7 Å². The number of aliphatic carboxylic acids is 1. The van der Waals surface area contributed by atoms with E-state index in [1.165, 1.54) is 67.4 Å². The molecule has 2 aliphatic rings. The number of aromatic hydroxyl groups is 2. The van der Waals surface area contributed by atoms with E-state index in [1.807, 2.05) is 13.8 Å². The quantitative estimate of drug-likeness (QED) is 0.0245. The molecule has 2 aromatic rings. The van der Waals surface area contributed by atoms with Crippen molar-refractivity contribution in [3.05, 3.63) is 59.7 Å². The molecule has 2 aromatic carbocycles. The molecule has 2 aliphatic heterocycles. The van der Waals surface area contributed by atoms with Gasteiger partial charge >= 0.3 is 5.97 Å². The van der Waals surface area contributed by atoms with Crippen LogP contribution in [0.15, 0.2) is 48.5 Å². The summed E-state index contributed by atoms with van der Waals surface area (Å²) in [6.45, 7) is 5.76. The number of phenolic OH excluding ortho intramolecular Hbond substituents is 2. The SMILES string of the molecule is CN[C@H](O)[C@@H]1CSSC[C@H](CC(=O)[C@@H]2CCCN2C(=O)[C@H](CC(C)C)NC(=O)CN(CCNC=O)CCNC=O)C(=O)N[C@@H](CC(=O)O)C(=O)C[C@@H](Cc2ccc(O)cc2)C(=O)N[C@@H](Cc2ccc(O)cc2)C(=O)CCC(=O)N[C@@H](C(C)O)C(=O)C1. The number of carboxylic acid groups (broad SMARTS) is 1. The van der Waals surface area contributed by atoms with Gasteiger partial charge in [-0.15, -0.1) is 0 Å². The molecule has 2 saturated heterocycles. The van der Waals surface area contributed by atoms with E-state index in [0.29, 0.717) is 30.4 Å². The van der Waals surface area contributed by atoms with Crippen molar-refractivity contribution in [2.24, 2.45) is 23.7 Å². The number of ketones is 4. The van der Waals surface area contributed by atoms with E-state index in [2.05, 4.69) is 37.2 Å². The van der Waals surface area contributed by atoms with Crippen molar-refractivity contribution in [3.8, 4) is 11.5 Å². The number of Topliss-reactive ketones (excluding diaryl/α,β-unsaturated/α-hetero) is 4. The number of hydrogen-bond acceptors (Lipinski definition) is 20. The van der Waals surface area contributed by atoms with Crippen molar-refractivity contribution in [2.75, 3.05) is 57.8 Å². The number of aliphatic hydroxyl groups is 2. The highest BCUT2D eigenvalue weighted by Crippen LogP contribution is 2.32. The van der Waals surface area contributed by atoms with Gasteiger partial charge in [-0.05, 0) is 87.4 Å². The second-order valence-electron chi connectivity index (χ2n) is 22.0. The predicted molar refractivity (Wildman–Crippen MR) is 318 cm³/mol. The molecule has 0 bridgehead atoms. The minimum atomic E-state index is -1.79. The molecule has 0 saturated carbocycles. The lowest BCUT2D eigenvalue weighted by molar-refractivity contribution is -0.142. The van der Waals surface area contributed by atoms with Crippen LogP contribution < -0.4 is 37.2 Å². The average molecular weight is 1240 g/mol. The molecule has 2 heterocycles.